The molecule has 0 bridgehead atoms. The molecular weight excluding hydrogens is 279 g/mol. The van der Waals surface area contributed by atoms with Crippen LogP contribution in [0.4, 0.5) is 4.39 Å². The average Bonchev–Trinajstić information content (AvgIpc) is 2.42. The van der Waals surface area contributed by atoms with Crippen molar-refractivity contribution in [2.45, 2.75) is 19.9 Å². The summed E-state index contributed by atoms with van der Waals surface area (Å²) in [6, 6.07) is 6.12. The molecule has 0 spiro atoms. The van der Waals surface area contributed by atoms with Gasteiger partial charge in [0.25, 0.3) is 5.91 Å². The molecule has 0 saturated carbocycles. The number of carbonyl (C=O) groups excluding carboxylic acids is 1. The van der Waals surface area contributed by atoms with E-state index in [0.717, 1.165) is 0 Å². The lowest BCUT2D eigenvalue weighted by Gasteiger charge is -2.15. The number of hydrogen-bond acceptors (Lipinski definition) is 2. The Labute approximate surface area is 121 Å². The van der Waals surface area contributed by atoms with E-state index in [1.54, 1.807) is 32.0 Å². The molecule has 5 heteroatoms. The molecule has 1 amide bonds. The van der Waals surface area contributed by atoms with Crippen LogP contribution < -0.4 is 5.32 Å². The largest absolute Gasteiger partial charge is 0.345 e. The van der Waals surface area contributed by atoms with E-state index in [9.17, 15) is 9.18 Å². The molecule has 0 fully saturated rings. The van der Waals surface area contributed by atoms with Crippen LogP contribution in [0, 0.1) is 12.7 Å². The van der Waals surface area contributed by atoms with Crippen molar-refractivity contribution >= 4 is 17.5 Å². The van der Waals surface area contributed by atoms with Crippen LogP contribution in [-0.4, -0.2) is 10.9 Å². The molecule has 104 valence electrons. The second-order valence-corrected chi connectivity index (χ2v) is 4.97. The normalized spacial score (nSPS) is 12.0. The molecule has 3 nitrogen and oxygen atoms in total. The van der Waals surface area contributed by atoms with Crippen molar-refractivity contribution in [2.24, 2.45) is 0 Å². The molecular formula is C15H14ClFN2O. The molecule has 0 saturated heterocycles. The molecule has 0 aliphatic heterocycles. The van der Waals surface area contributed by atoms with Gasteiger partial charge in [-0.2, -0.15) is 0 Å². The van der Waals surface area contributed by atoms with Gasteiger partial charge in [0.1, 0.15) is 5.82 Å². The van der Waals surface area contributed by atoms with E-state index in [0.29, 0.717) is 21.7 Å². The molecule has 0 radical (unpaired) electrons. The summed E-state index contributed by atoms with van der Waals surface area (Å²) in [5.41, 5.74) is 1.57. The Morgan fingerprint density at radius 1 is 1.40 bits per heavy atom. The Bertz CT molecular complexity index is 646. The highest BCUT2D eigenvalue weighted by Gasteiger charge is 2.15. The monoisotopic (exact) mass is 292 g/mol. The molecule has 1 atom stereocenters. The van der Waals surface area contributed by atoms with E-state index in [1.807, 2.05) is 0 Å². The zero-order valence-corrected chi connectivity index (χ0v) is 11.9. The number of nitrogens with one attached hydrogen (secondary N) is 1. The highest BCUT2D eigenvalue weighted by Crippen LogP contribution is 2.18. The molecule has 2 aromatic rings. The molecule has 1 aromatic heterocycles. The maximum absolute atomic E-state index is 13.5. The predicted molar refractivity (Wildman–Crippen MR) is 76.3 cm³/mol. The number of amides is 1. The van der Waals surface area contributed by atoms with Gasteiger partial charge in [-0.1, -0.05) is 23.7 Å². The van der Waals surface area contributed by atoms with Crippen LogP contribution in [0.3, 0.4) is 0 Å². The minimum absolute atomic E-state index is 0.289. The van der Waals surface area contributed by atoms with Gasteiger partial charge in [0.15, 0.2) is 0 Å². The summed E-state index contributed by atoms with van der Waals surface area (Å²) in [5, 5.41) is 3.10. The topological polar surface area (TPSA) is 42.0 Å². The second kappa shape index (κ2) is 6.01. The van der Waals surface area contributed by atoms with Crippen LogP contribution in [0.2, 0.25) is 5.02 Å². The van der Waals surface area contributed by atoms with Gasteiger partial charge in [-0.25, -0.2) is 4.39 Å². The first kappa shape index (κ1) is 14.5. The highest BCUT2D eigenvalue weighted by molar-refractivity contribution is 6.33. The second-order valence-electron chi connectivity index (χ2n) is 4.56. The number of carbonyl (C=O) groups is 1. The molecule has 0 aliphatic carbocycles. The predicted octanol–water partition coefficient (Wildman–Crippen LogP) is 3.67. The van der Waals surface area contributed by atoms with Crippen LogP contribution in [0.15, 0.2) is 36.7 Å². The molecule has 2 rings (SSSR count). The van der Waals surface area contributed by atoms with Crippen molar-refractivity contribution in [3.63, 3.8) is 0 Å². The Kier molecular flexibility index (Phi) is 4.35. The third-order valence-corrected chi connectivity index (χ3v) is 3.39. The lowest BCUT2D eigenvalue weighted by atomic mass is 10.1. The Balaban J connectivity index is 2.15. The van der Waals surface area contributed by atoms with E-state index < -0.39 is 0 Å². The van der Waals surface area contributed by atoms with Crippen molar-refractivity contribution in [3.8, 4) is 0 Å². The zero-order valence-electron chi connectivity index (χ0n) is 11.2. The number of halogens is 2. The van der Waals surface area contributed by atoms with E-state index in [-0.39, 0.29) is 17.8 Å². The van der Waals surface area contributed by atoms with Gasteiger partial charge in [-0.3, -0.25) is 9.78 Å². The van der Waals surface area contributed by atoms with Crippen molar-refractivity contribution < 1.29 is 9.18 Å². The Morgan fingerprint density at radius 2 is 2.15 bits per heavy atom. The van der Waals surface area contributed by atoms with E-state index in [2.05, 4.69) is 10.3 Å². The number of benzene rings is 1. The third kappa shape index (κ3) is 3.14. The van der Waals surface area contributed by atoms with Gasteiger partial charge in [-0.15, -0.1) is 0 Å². The number of aromatic nitrogens is 1. The summed E-state index contributed by atoms with van der Waals surface area (Å²) in [5.74, 6) is -0.625. The van der Waals surface area contributed by atoms with E-state index in [4.69, 9.17) is 11.6 Å². The van der Waals surface area contributed by atoms with Crippen molar-refractivity contribution in [1.29, 1.82) is 0 Å². The minimum Gasteiger partial charge on any atom is -0.345 e. The van der Waals surface area contributed by atoms with Crippen LogP contribution in [0.5, 0.6) is 0 Å². The smallest absolute Gasteiger partial charge is 0.254 e. The van der Waals surface area contributed by atoms with E-state index in [1.165, 1.54) is 18.5 Å². The van der Waals surface area contributed by atoms with Crippen LogP contribution in [0.25, 0.3) is 0 Å². The Morgan fingerprint density at radius 3 is 2.80 bits per heavy atom. The van der Waals surface area contributed by atoms with Crippen molar-refractivity contribution in [1.82, 2.24) is 10.3 Å². The fraction of sp³-hybridized carbons (Fsp3) is 0.200. The number of rotatable bonds is 3. The molecule has 20 heavy (non-hydrogen) atoms. The van der Waals surface area contributed by atoms with E-state index >= 15 is 0 Å². The summed E-state index contributed by atoms with van der Waals surface area (Å²) in [6.45, 7) is 3.48. The lowest BCUT2D eigenvalue weighted by molar-refractivity contribution is 0.0939. The summed E-state index contributed by atoms with van der Waals surface area (Å²) >= 11 is 5.93. The molecule has 1 unspecified atom stereocenters. The number of aryl methyl sites for hydroxylation is 1. The van der Waals surface area contributed by atoms with Gasteiger partial charge in [0.2, 0.25) is 0 Å². The number of hydrogen-bond donors (Lipinski definition) is 1. The number of nitrogens with zero attached hydrogens (tertiary/aromatic N) is 1. The summed E-state index contributed by atoms with van der Waals surface area (Å²) < 4.78 is 13.5. The van der Waals surface area contributed by atoms with Gasteiger partial charge in [0, 0.05) is 12.4 Å². The quantitative estimate of drug-likeness (QED) is 0.938. The third-order valence-electron chi connectivity index (χ3n) is 3.06. The fourth-order valence-corrected chi connectivity index (χ4v) is 1.97. The first-order valence-electron chi connectivity index (χ1n) is 6.15. The standard InChI is InChI=1S/C15H14ClFN2O/c1-9-3-4-11(7-14(9)17)10(2)19-15(20)12-8-18-6-5-13(12)16/h3-8,10H,1-2H3,(H,19,20). The first-order chi connectivity index (χ1) is 9.49. The SMILES string of the molecule is Cc1ccc(C(C)NC(=O)c2cnccc2Cl)cc1F. The van der Waals surface area contributed by atoms with Gasteiger partial charge in [-0.05, 0) is 37.1 Å². The summed E-state index contributed by atoms with van der Waals surface area (Å²) in [7, 11) is 0. The maximum Gasteiger partial charge on any atom is 0.254 e. The van der Waals surface area contributed by atoms with Crippen LogP contribution in [-0.2, 0) is 0 Å². The Hall–Kier alpha value is -1.94. The van der Waals surface area contributed by atoms with Gasteiger partial charge >= 0.3 is 0 Å². The first-order valence-corrected chi connectivity index (χ1v) is 6.53. The molecule has 0 aliphatic rings. The summed E-state index contributed by atoms with van der Waals surface area (Å²) in [4.78, 5) is 15.9. The lowest BCUT2D eigenvalue weighted by Crippen LogP contribution is -2.27. The van der Waals surface area contributed by atoms with Gasteiger partial charge in [0.05, 0.1) is 16.6 Å². The van der Waals surface area contributed by atoms with Gasteiger partial charge < -0.3 is 5.32 Å². The highest BCUT2D eigenvalue weighted by atomic mass is 35.5. The fourth-order valence-electron chi connectivity index (χ4n) is 1.78. The van der Waals surface area contributed by atoms with Crippen LogP contribution in [0.1, 0.15) is 34.5 Å². The van der Waals surface area contributed by atoms with Crippen molar-refractivity contribution in [3.05, 3.63) is 64.2 Å². The summed E-state index contributed by atoms with van der Waals surface area (Å²) in [6.07, 6.45) is 2.91. The number of pyridine rings is 1. The molecule has 1 aromatic carbocycles. The average molecular weight is 293 g/mol. The van der Waals surface area contributed by atoms with Crippen LogP contribution >= 0.6 is 11.6 Å². The molecule has 1 heterocycles. The minimum atomic E-state index is -0.336. The maximum atomic E-state index is 13.5. The van der Waals surface area contributed by atoms with Crippen molar-refractivity contribution in [2.75, 3.05) is 0 Å². The zero-order chi connectivity index (χ0) is 14.7. The molecule has 1 N–H and O–H groups in total.